The van der Waals surface area contributed by atoms with Gasteiger partial charge in [0.1, 0.15) is 24.4 Å². The normalized spacial score (nSPS) is 46.5. The molecule has 0 radical (unpaired) electrons. The summed E-state index contributed by atoms with van der Waals surface area (Å²) in [6.45, 7) is 1.80. The lowest BCUT2D eigenvalue weighted by Gasteiger charge is -2.47. The molecule has 1 unspecified atom stereocenters. The van der Waals surface area contributed by atoms with Crippen LogP contribution in [0.3, 0.4) is 0 Å². The molecule has 0 saturated carbocycles. The van der Waals surface area contributed by atoms with Crippen molar-refractivity contribution >= 4 is 5.91 Å². The van der Waals surface area contributed by atoms with Crippen LogP contribution in [0.5, 0.6) is 0 Å². The Morgan fingerprint density at radius 1 is 1.33 bits per heavy atom. The number of rotatable bonds is 4. The molecule has 0 aromatic rings. The van der Waals surface area contributed by atoms with Crippen molar-refractivity contribution < 1.29 is 44.5 Å². The molecule has 2 fully saturated rings. The molecular formula is C14H25NO9. The number of hydrogen-bond acceptors (Lipinski definition) is 9. The van der Waals surface area contributed by atoms with Gasteiger partial charge in [-0.3, -0.25) is 4.79 Å². The Kier molecular flexibility index (Phi) is 6.15. The van der Waals surface area contributed by atoms with Gasteiger partial charge >= 0.3 is 0 Å². The topological polar surface area (TPSA) is 158 Å². The van der Waals surface area contributed by atoms with Crippen molar-refractivity contribution in [3.8, 4) is 0 Å². The number of aliphatic hydroxyl groups excluding tert-OH is 4. The monoisotopic (exact) mass is 351 g/mol. The first-order valence-electron chi connectivity index (χ1n) is 7.76. The standard InChI is InChI=1S/C14H25NO9/c1-6-11(19)8(18)3-10(23-6)24-13-12(20)9(4-16)22-5-14(13,21)15-7(2)17/h6,8-13,16,18-21H,3-5H2,1-2H3,(H,15,17)/t6-,8-,9+,10?,11+,12+,13-,14-/m0/s1. The Hall–Kier alpha value is -0.850. The number of hydrogen-bond donors (Lipinski definition) is 6. The summed E-state index contributed by atoms with van der Waals surface area (Å²) in [6.07, 6.45) is -7.86. The van der Waals surface area contributed by atoms with E-state index < -0.39 is 67.8 Å². The van der Waals surface area contributed by atoms with Crippen molar-refractivity contribution in [2.24, 2.45) is 0 Å². The van der Waals surface area contributed by atoms with E-state index in [9.17, 15) is 30.3 Å². The minimum Gasteiger partial charge on any atom is -0.394 e. The first kappa shape index (κ1) is 19.5. The summed E-state index contributed by atoms with van der Waals surface area (Å²) in [7, 11) is 0. The lowest BCUT2D eigenvalue weighted by atomic mass is 9.94. The van der Waals surface area contributed by atoms with Crippen LogP contribution in [0.15, 0.2) is 0 Å². The molecule has 0 aliphatic carbocycles. The highest BCUT2D eigenvalue weighted by atomic mass is 16.7. The third-order valence-electron chi connectivity index (χ3n) is 4.23. The van der Waals surface area contributed by atoms with E-state index in [1.165, 1.54) is 6.92 Å². The summed E-state index contributed by atoms with van der Waals surface area (Å²) >= 11 is 0. The summed E-state index contributed by atoms with van der Waals surface area (Å²) < 4.78 is 16.2. The molecule has 2 aliphatic rings. The molecule has 10 heteroatoms. The second-order valence-electron chi connectivity index (χ2n) is 6.25. The number of nitrogens with one attached hydrogen (secondary N) is 1. The van der Waals surface area contributed by atoms with Crippen molar-refractivity contribution in [1.29, 1.82) is 0 Å². The van der Waals surface area contributed by atoms with Crippen LogP contribution in [0.4, 0.5) is 0 Å². The SMILES string of the molecule is CC(=O)N[C@]1(O)CO[C@H](CO)[C@@H](O)[C@@H]1OC1C[C@H](O)[C@H](O)[C@H](C)O1. The van der Waals surface area contributed by atoms with Crippen LogP contribution in [0.25, 0.3) is 0 Å². The van der Waals surface area contributed by atoms with E-state index in [2.05, 4.69) is 5.32 Å². The van der Waals surface area contributed by atoms with Gasteiger partial charge in [-0.15, -0.1) is 0 Å². The number of aliphatic hydroxyl groups is 5. The van der Waals surface area contributed by atoms with E-state index in [0.717, 1.165) is 0 Å². The summed E-state index contributed by atoms with van der Waals surface area (Å²) in [6, 6.07) is 0. The molecule has 0 spiro atoms. The lowest BCUT2D eigenvalue weighted by Crippen LogP contribution is -2.70. The van der Waals surface area contributed by atoms with E-state index >= 15 is 0 Å². The van der Waals surface area contributed by atoms with E-state index in [-0.39, 0.29) is 6.42 Å². The van der Waals surface area contributed by atoms with Crippen LogP contribution < -0.4 is 5.32 Å². The second-order valence-corrected chi connectivity index (χ2v) is 6.25. The van der Waals surface area contributed by atoms with E-state index in [1.807, 2.05) is 0 Å². The van der Waals surface area contributed by atoms with E-state index in [4.69, 9.17) is 14.2 Å². The van der Waals surface area contributed by atoms with Crippen molar-refractivity contribution in [2.45, 2.75) is 68.9 Å². The van der Waals surface area contributed by atoms with Crippen LogP contribution in [-0.4, -0.2) is 93.3 Å². The van der Waals surface area contributed by atoms with Crippen molar-refractivity contribution in [2.75, 3.05) is 13.2 Å². The van der Waals surface area contributed by atoms with Gasteiger partial charge in [0.15, 0.2) is 12.0 Å². The quantitative estimate of drug-likeness (QED) is 0.287. The third-order valence-corrected chi connectivity index (χ3v) is 4.23. The molecule has 6 N–H and O–H groups in total. The van der Waals surface area contributed by atoms with Gasteiger partial charge < -0.3 is 45.1 Å². The number of ether oxygens (including phenoxy) is 3. The highest BCUT2D eigenvalue weighted by molar-refractivity contribution is 5.73. The molecule has 2 rings (SSSR count). The fraction of sp³-hybridized carbons (Fsp3) is 0.929. The maximum Gasteiger partial charge on any atom is 0.219 e. The zero-order valence-electron chi connectivity index (χ0n) is 13.5. The first-order valence-corrected chi connectivity index (χ1v) is 7.76. The molecular weight excluding hydrogens is 326 g/mol. The van der Waals surface area contributed by atoms with Crippen LogP contribution in [0.2, 0.25) is 0 Å². The fourth-order valence-electron chi connectivity index (χ4n) is 2.93. The predicted octanol–water partition coefficient (Wildman–Crippen LogP) is -3.19. The molecule has 2 saturated heterocycles. The van der Waals surface area contributed by atoms with Gasteiger partial charge in [0, 0.05) is 13.3 Å². The van der Waals surface area contributed by atoms with Gasteiger partial charge in [0.25, 0.3) is 0 Å². The Bertz CT molecular complexity index is 438. The summed E-state index contributed by atoms with van der Waals surface area (Å²) in [5, 5.41) is 51.9. The van der Waals surface area contributed by atoms with Gasteiger partial charge in [-0.05, 0) is 6.92 Å². The van der Waals surface area contributed by atoms with Crippen molar-refractivity contribution in [3.63, 3.8) is 0 Å². The molecule has 1 amide bonds. The smallest absolute Gasteiger partial charge is 0.219 e. The largest absolute Gasteiger partial charge is 0.394 e. The molecule has 0 aromatic carbocycles. The number of amides is 1. The summed E-state index contributed by atoms with van der Waals surface area (Å²) in [4.78, 5) is 11.3. The zero-order chi connectivity index (χ0) is 18.1. The van der Waals surface area contributed by atoms with E-state index in [1.54, 1.807) is 6.92 Å². The van der Waals surface area contributed by atoms with Crippen LogP contribution in [-0.2, 0) is 19.0 Å². The first-order chi connectivity index (χ1) is 11.2. The lowest BCUT2D eigenvalue weighted by molar-refractivity contribution is -0.324. The zero-order valence-corrected chi connectivity index (χ0v) is 13.5. The molecule has 24 heavy (non-hydrogen) atoms. The maximum atomic E-state index is 11.3. The fourth-order valence-corrected chi connectivity index (χ4v) is 2.93. The van der Waals surface area contributed by atoms with Crippen LogP contribution >= 0.6 is 0 Å². The Balaban J connectivity index is 2.16. The Morgan fingerprint density at radius 2 is 2.00 bits per heavy atom. The highest BCUT2D eigenvalue weighted by Gasteiger charge is 2.52. The minimum absolute atomic E-state index is 0.0878. The maximum absolute atomic E-state index is 11.3. The van der Waals surface area contributed by atoms with Gasteiger partial charge in [-0.25, -0.2) is 0 Å². The summed E-state index contributed by atoms with van der Waals surface area (Å²) in [5.74, 6) is -0.572. The van der Waals surface area contributed by atoms with Crippen LogP contribution in [0.1, 0.15) is 20.3 Å². The average Bonchev–Trinajstić information content (AvgIpc) is 2.48. The Labute approximate surface area is 138 Å². The van der Waals surface area contributed by atoms with Gasteiger partial charge in [-0.1, -0.05) is 0 Å². The molecule has 10 nitrogen and oxygen atoms in total. The predicted molar refractivity (Wildman–Crippen MR) is 77.4 cm³/mol. The average molecular weight is 351 g/mol. The van der Waals surface area contributed by atoms with Gasteiger partial charge in [0.2, 0.25) is 5.91 Å². The van der Waals surface area contributed by atoms with Crippen molar-refractivity contribution in [3.05, 3.63) is 0 Å². The molecule has 140 valence electrons. The van der Waals surface area contributed by atoms with Gasteiger partial charge in [0.05, 0.1) is 25.4 Å². The highest BCUT2D eigenvalue weighted by Crippen LogP contribution is 2.30. The van der Waals surface area contributed by atoms with E-state index in [0.29, 0.717) is 0 Å². The summed E-state index contributed by atoms with van der Waals surface area (Å²) in [5.41, 5.74) is -2.04. The Morgan fingerprint density at radius 3 is 2.54 bits per heavy atom. The number of carbonyl (C=O) groups is 1. The minimum atomic E-state index is -2.04. The molecule has 2 heterocycles. The third kappa shape index (κ3) is 4.03. The van der Waals surface area contributed by atoms with Crippen LogP contribution in [0, 0.1) is 0 Å². The molecule has 8 atom stereocenters. The van der Waals surface area contributed by atoms with Gasteiger partial charge in [-0.2, -0.15) is 0 Å². The molecule has 0 aromatic heterocycles. The molecule has 0 bridgehead atoms. The molecule has 2 aliphatic heterocycles. The second kappa shape index (κ2) is 7.58. The van der Waals surface area contributed by atoms with Crippen molar-refractivity contribution in [1.82, 2.24) is 5.32 Å². The number of carbonyl (C=O) groups excluding carboxylic acids is 1.